The Labute approximate surface area is 138 Å². The predicted octanol–water partition coefficient (Wildman–Crippen LogP) is 3.49. The first-order chi connectivity index (χ1) is 11.3. The first-order valence-corrected chi connectivity index (χ1v) is 8.63. The molecule has 3 aromatic rings. The van der Waals surface area contributed by atoms with Crippen LogP contribution in [-0.2, 0) is 10.0 Å². The number of nitrogens with zero attached hydrogens (tertiary/aromatic N) is 1. The third-order valence-electron chi connectivity index (χ3n) is 3.93. The van der Waals surface area contributed by atoms with Gasteiger partial charge in [0, 0.05) is 23.2 Å². The summed E-state index contributed by atoms with van der Waals surface area (Å²) in [5, 5.41) is 11.8. The minimum absolute atomic E-state index is 0.159. The monoisotopic (exact) mass is 345 g/mol. The van der Waals surface area contributed by atoms with Crippen LogP contribution in [0.5, 0.6) is 0 Å². The lowest BCUT2D eigenvalue weighted by molar-refractivity contribution is -0.385. The van der Waals surface area contributed by atoms with Gasteiger partial charge in [-0.05, 0) is 31.5 Å². The third-order valence-corrected chi connectivity index (χ3v) is 5.29. The highest BCUT2D eigenvalue weighted by molar-refractivity contribution is 7.92. The summed E-state index contributed by atoms with van der Waals surface area (Å²) in [6.07, 6.45) is 0. The van der Waals surface area contributed by atoms with Gasteiger partial charge in [-0.1, -0.05) is 18.2 Å². The number of benzene rings is 2. The summed E-state index contributed by atoms with van der Waals surface area (Å²) < 4.78 is 27.6. The number of aryl methyl sites for hydroxylation is 2. The molecule has 0 atom stereocenters. The largest absolute Gasteiger partial charge is 0.357 e. The van der Waals surface area contributed by atoms with Crippen molar-refractivity contribution < 1.29 is 13.3 Å². The molecule has 0 aliphatic carbocycles. The molecule has 2 N–H and O–H groups in total. The fourth-order valence-electron chi connectivity index (χ4n) is 2.54. The number of anilines is 1. The lowest BCUT2D eigenvalue weighted by Crippen LogP contribution is -2.13. The Morgan fingerprint density at radius 2 is 1.83 bits per heavy atom. The summed E-state index contributed by atoms with van der Waals surface area (Å²) in [6.45, 7) is 3.86. The maximum absolute atomic E-state index is 12.6. The fourth-order valence-corrected chi connectivity index (χ4v) is 3.65. The number of fused-ring (bicyclic) bond motifs is 1. The van der Waals surface area contributed by atoms with Crippen LogP contribution >= 0.6 is 0 Å². The molecule has 0 aliphatic heterocycles. The van der Waals surface area contributed by atoms with Crippen molar-refractivity contribution in [2.75, 3.05) is 4.72 Å². The number of aromatic amines is 1. The Kier molecular flexibility index (Phi) is 3.76. The van der Waals surface area contributed by atoms with Gasteiger partial charge in [-0.15, -0.1) is 0 Å². The zero-order chi connectivity index (χ0) is 17.5. The number of nitrogens with one attached hydrogen (secondary N) is 2. The molecule has 0 amide bonds. The number of nitro benzene ring substituents is 1. The minimum atomic E-state index is -3.94. The molecule has 8 heteroatoms. The lowest BCUT2D eigenvalue weighted by atomic mass is 10.1. The van der Waals surface area contributed by atoms with E-state index in [0.29, 0.717) is 11.2 Å². The number of sulfonamides is 1. The molecule has 24 heavy (non-hydrogen) atoms. The van der Waals surface area contributed by atoms with E-state index in [1.54, 1.807) is 12.1 Å². The van der Waals surface area contributed by atoms with Crippen molar-refractivity contribution in [3.05, 3.63) is 63.8 Å². The molecule has 0 saturated heterocycles. The zero-order valence-electron chi connectivity index (χ0n) is 13.0. The highest BCUT2D eigenvalue weighted by Crippen LogP contribution is 2.29. The van der Waals surface area contributed by atoms with E-state index in [1.807, 2.05) is 19.9 Å². The van der Waals surface area contributed by atoms with Crippen LogP contribution in [0, 0.1) is 24.0 Å². The van der Waals surface area contributed by atoms with Crippen LogP contribution in [-0.4, -0.2) is 18.3 Å². The van der Waals surface area contributed by atoms with Gasteiger partial charge in [0.25, 0.3) is 15.7 Å². The number of para-hydroxylation sites is 1. The van der Waals surface area contributed by atoms with Gasteiger partial charge in [0.15, 0.2) is 0 Å². The van der Waals surface area contributed by atoms with Gasteiger partial charge in [0.05, 0.1) is 21.0 Å². The molecule has 0 radical (unpaired) electrons. The van der Waals surface area contributed by atoms with Crippen LogP contribution in [0.15, 0.2) is 47.4 Å². The topological polar surface area (TPSA) is 105 Å². The number of rotatable bonds is 4. The van der Waals surface area contributed by atoms with E-state index in [4.69, 9.17) is 0 Å². The van der Waals surface area contributed by atoms with Gasteiger partial charge in [-0.2, -0.15) is 0 Å². The van der Waals surface area contributed by atoms with Crippen molar-refractivity contribution in [2.45, 2.75) is 18.7 Å². The molecule has 0 unspecified atom stereocenters. The molecule has 124 valence electrons. The van der Waals surface area contributed by atoms with Crippen molar-refractivity contribution >= 4 is 32.3 Å². The second kappa shape index (κ2) is 5.64. The minimum Gasteiger partial charge on any atom is -0.357 e. The second-order valence-corrected chi connectivity index (χ2v) is 7.15. The van der Waals surface area contributed by atoms with Crippen molar-refractivity contribution in [1.82, 2.24) is 4.98 Å². The van der Waals surface area contributed by atoms with E-state index >= 15 is 0 Å². The Hall–Kier alpha value is -2.87. The molecule has 0 saturated carbocycles. The standard InChI is InChI=1S/C16H15N3O4S/c1-10-11(2)17-16-14(10)7-4-8-15(16)18-24(22,23)13-6-3-5-12(9-13)19(20)21/h3-9,17-18H,1-2H3. The zero-order valence-corrected chi connectivity index (χ0v) is 13.8. The van der Waals surface area contributed by atoms with E-state index in [2.05, 4.69) is 9.71 Å². The Bertz CT molecular complexity index is 1050. The Morgan fingerprint density at radius 3 is 2.54 bits per heavy atom. The lowest BCUT2D eigenvalue weighted by Gasteiger charge is -2.09. The van der Waals surface area contributed by atoms with Crippen LogP contribution in [0.3, 0.4) is 0 Å². The molecular formula is C16H15N3O4S. The maximum atomic E-state index is 12.6. The van der Waals surface area contributed by atoms with E-state index in [9.17, 15) is 18.5 Å². The van der Waals surface area contributed by atoms with Crippen LogP contribution < -0.4 is 4.72 Å². The smallest absolute Gasteiger partial charge is 0.270 e. The molecule has 3 rings (SSSR count). The van der Waals surface area contributed by atoms with Crippen molar-refractivity contribution in [3.63, 3.8) is 0 Å². The third kappa shape index (κ3) is 2.71. The molecular weight excluding hydrogens is 330 g/mol. The van der Waals surface area contributed by atoms with Gasteiger partial charge in [0.1, 0.15) is 0 Å². The van der Waals surface area contributed by atoms with Gasteiger partial charge in [-0.3, -0.25) is 14.8 Å². The molecule has 2 aromatic carbocycles. The van der Waals surface area contributed by atoms with Crippen LogP contribution in [0.25, 0.3) is 10.9 Å². The van der Waals surface area contributed by atoms with Crippen LogP contribution in [0.4, 0.5) is 11.4 Å². The normalized spacial score (nSPS) is 11.6. The first-order valence-electron chi connectivity index (χ1n) is 7.15. The maximum Gasteiger partial charge on any atom is 0.270 e. The van der Waals surface area contributed by atoms with E-state index in [-0.39, 0.29) is 10.6 Å². The van der Waals surface area contributed by atoms with Crippen LogP contribution in [0.1, 0.15) is 11.3 Å². The second-order valence-electron chi connectivity index (χ2n) is 5.46. The van der Waals surface area contributed by atoms with Crippen molar-refractivity contribution in [2.24, 2.45) is 0 Å². The van der Waals surface area contributed by atoms with Crippen LogP contribution in [0.2, 0.25) is 0 Å². The average Bonchev–Trinajstić information content (AvgIpc) is 2.84. The highest BCUT2D eigenvalue weighted by atomic mass is 32.2. The fraction of sp³-hybridized carbons (Fsp3) is 0.125. The SMILES string of the molecule is Cc1[nH]c2c(NS(=O)(=O)c3cccc([N+](=O)[O-])c3)cccc2c1C. The number of hydrogen-bond acceptors (Lipinski definition) is 4. The summed E-state index contributed by atoms with van der Waals surface area (Å²) in [4.78, 5) is 13.2. The molecule has 7 nitrogen and oxygen atoms in total. The summed E-state index contributed by atoms with van der Waals surface area (Å²) >= 11 is 0. The molecule has 0 spiro atoms. The van der Waals surface area contributed by atoms with Gasteiger partial charge in [-0.25, -0.2) is 8.42 Å². The van der Waals surface area contributed by atoms with Gasteiger partial charge in [0.2, 0.25) is 0 Å². The van der Waals surface area contributed by atoms with E-state index < -0.39 is 14.9 Å². The number of nitro groups is 1. The van der Waals surface area contributed by atoms with E-state index in [0.717, 1.165) is 22.7 Å². The molecule has 0 bridgehead atoms. The quantitative estimate of drug-likeness (QED) is 0.557. The van der Waals surface area contributed by atoms with Crippen molar-refractivity contribution in [1.29, 1.82) is 0 Å². The molecule has 1 aromatic heterocycles. The van der Waals surface area contributed by atoms with Crippen molar-refractivity contribution in [3.8, 4) is 0 Å². The van der Waals surface area contributed by atoms with Gasteiger partial charge < -0.3 is 4.98 Å². The number of H-pyrrole nitrogens is 1. The number of hydrogen-bond donors (Lipinski definition) is 2. The molecule has 0 aliphatic rings. The predicted molar refractivity (Wildman–Crippen MR) is 91.7 cm³/mol. The number of non-ortho nitro benzene ring substituents is 1. The molecule has 0 fully saturated rings. The number of aromatic nitrogens is 1. The van der Waals surface area contributed by atoms with E-state index in [1.165, 1.54) is 18.2 Å². The van der Waals surface area contributed by atoms with Gasteiger partial charge >= 0.3 is 0 Å². The Balaban J connectivity index is 2.06. The summed E-state index contributed by atoms with van der Waals surface area (Å²) in [5.41, 5.74) is 2.80. The average molecular weight is 345 g/mol. The summed E-state index contributed by atoms with van der Waals surface area (Å²) in [6, 6.07) is 10.3. The Morgan fingerprint density at radius 1 is 1.12 bits per heavy atom. The summed E-state index contributed by atoms with van der Waals surface area (Å²) in [5.74, 6) is 0. The highest BCUT2D eigenvalue weighted by Gasteiger charge is 2.19. The summed E-state index contributed by atoms with van der Waals surface area (Å²) in [7, 11) is -3.94. The molecule has 1 heterocycles. The first kappa shape index (κ1) is 16.0.